The molecular weight excluding hydrogens is 427 g/mol. The van der Waals surface area contributed by atoms with Crippen molar-refractivity contribution >= 4 is 51.9 Å². The Hall–Kier alpha value is -1.35. The van der Waals surface area contributed by atoms with Gasteiger partial charge in [0.15, 0.2) is 16.6 Å². The van der Waals surface area contributed by atoms with Crippen molar-refractivity contribution in [1.82, 2.24) is 10.2 Å². The molecule has 0 radical (unpaired) electrons. The van der Waals surface area contributed by atoms with Gasteiger partial charge in [0, 0.05) is 6.54 Å². The number of benzene rings is 1. The molecule has 0 aliphatic carbocycles. The number of amides is 1. The van der Waals surface area contributed by atoms with E-state index in [2.05, 4.69) is 27.9 Å². The smallest absolute Gasteiger partial charge is 0.276 e. The molecule has 0 spiro atoms. The van der Waals surface area contributed by atoms with E-state index in [1.54, 1.807) is 6.08 Å². The Morgan fingerprint density at radius 2 is 1.96 bits per heavy atom. The van der Waals surface area contributed by atoms with Gasteiger partial charge in [-0.25, -0.2) is 0 Å². The number of carbonyl (C=O) groups is 1. The van der Waals surface area contributed by atoms with Crippen LogP contribution >= 0.6 is 34.8 Å². The van der Waals surface area contributed by atoms with Gasteiger partial charge >= 0.3 is 0 Å². The highest BCUT2D eigenvalue weighted by atomic mass is 127. The third kappa shape index (κ3) is 3.95. The highest BCUT2D eigenvalue weighted by molar-refractivity contribution is 14.1. The molecule has 0 unspecified atom stereocenters. The van der Waals surface area contributed by atoms with Gasteiger partial charge in [-0.3, -0.25) is 9.69 Å². The fourth-order valence-corrected chi connectivity index (χ4v) is 3.35. The Morgan fingerprint density at radius 3 is 2.52 bits per heavy atom. The fraction of sp³-hybridized carbons (Fsp3) is 0.375. The number of hydrogen-bond donors (Lipinski definition) is 1. The molecule has 0 saturated carbocycles. The van der Waals surface area contributed by atoms with Crippen molar-refractivity contribution in [2.75, 3.05) is 19.8 Å². The van der Waals surface area contributed by atoms with E-state index in [4.69, 9.17) is 21.7 Å². The molecule has 1 aromatic carbocycles. The lowest BCUT2D eigenvalue weighted by atomic mass is 10.1. The standard InChI is InChI=1S/C16H19IN2O3S/c1-4-19-15(20)12(18-16(19)23)8-10-7-11(17)14(22-6-3)13(9-10)21-5-2/h7-9H,4-6H2,1-3H3,(H,18,23)/b12-8+. The lowest BCUT2D eigenvalue weighted by Crippen LogP contribution is -2.30. The number of hydrogen-bond acceptors (Lipinski definition) is 4. The van der Waals surface area contributed by atoms with Crippen molar-refractivity contribution in [2.24, 2.45) is 0 Å². The molecule has 7 heteroatoms. The topological polar surface area (TPSA) is 50.8 Å². The number of thiocarbonyl (C=S) groups is 1. The second kappa shape index (κ2) is 7.96. The average Bonchev–Trinajstić information content (AvgIpc) is 2.77. The zero-order chi connectivity index (χ0) is 17.0. The molecule has 23 heavy (non-hydrogen) atoms. The van der Waals surface area contributed by atoms with Crippen LogP contribution in [0.15, 0.2) is 17.8 Å². The van der Waals surface area contributed by atoms with E-state index in [0.29, 0.717) is 36.3 Å². The van der Waals surface area contributed by atoms with E-state index in [9.17, 15) is 4.79 Å². The number of likely N-dealkylation sites (N-methyl/N-ethyl adjacent to an activating group) is 1. The molecule has 0 aromatic heterocycles. The molecule has 124 valence electrons. The summed E-state index contributed by atoms with van der Waals surface area (Å²) in [5, 5.41) is 3.40. The van der Waals surface area contributed by atoms with Gasteiger partial charge in [0.2, 0.25) is 0 Å². The molecule has 1 amide bonds. The number of rotatable bonds is 6. The van der Waals surface area contributed by atoms with E-state index in [-0.39, 0.29) is 5.91 Å². The van der Waals surface area contributed by atoms with Crippen LogP contribution in [0.3, 0.4) is 0 Å². The molecule has 5 nitrogen and oxygen atoms in total. The lowest BCUT2D eigenvalue weighted by molar-refractivity contribution is -0.122. The number of nitrogens with one attached hydrogen (secondary N) is 1. The lowest BCUT2D eigenvalue weighted by Gasteiger charge is -2.13. The number of ether oxygens (including phenoxy) is 2. The van der Waals surface area contributed by atoms with Crippen LogP contribution in [-0.4, -0.2) is 35.7 Å². The number of carbonyl (C=O) groups excluding carboxylic acids is 1. The minimum atomic E-state index is -0.112. The SMILES string of the molecule is CCOc1cc(/C=C2/NC(=S)N(CC)C2=O)cc(I)c1OCC. The van der Waals surface area contributed by atoms with Gasteiger partial charge in [-0.1, -0.05) is 0 Å². The summed E-state index contributed by atoms with van der Waals surface area (Å²) in [6, 6.07) is 3.82. The molecule has 0 atom stereocenters. The van der Waals surface area contributed by atoms with Crippen molar-refractivity contribution in [3.63, 3.8) is 0 Å². The maximum atomic E-state index is 12.3. The second-order valence-electron chi connectivity index (χ2n) is 4.73. The Kier molecular flexibility index (Phi) is 6.23. The summed E-state index contributed by atoms with van der Waals surface area (Å²) in [5.74, 6) is 1.29. The Morgan fingerprint density at radius 1 is 1.26 bits per heavy atom. The Labute approximate surface area is 155 Å². The van der Waals surface area contributed by atoms with Crippen molar-refractivity contribution in [2.45, 2.75) is 20.8 Å². The number of nitrogens with zero attached hydrogens (tertiary/aromatic N) is 1. The zero-order valence-electron chi connectivity index (χ0n) is 13.3. The maximum absolute atomic E-state index is 12.3. The summed E-state index contributed by atoms with van der Waals surface area (Å²) >= 11 is 7.37. The van der Waals surface area contributed by atoms with Crippen molar-refractivity contribution in [3.05, 3.63) is 27.0 Å². The van der Waals surface area contributed by atoms with Gasteiger partial charge in [-0.05, 0) is 79.4 Å². The first-order valence-corrected chi connectivity index (χ1v) is 8.94. The molecule has 1 heterocycles. The van der Waals surface area contributed by atoms with Crippen LogP contribution in [0.1, 0.15) is 26.3 Å². The summed E-state index contributed by atoms with van der Waals surface area (Å²) in [6.07, 6.45) is 1.78. The molecule has 1 fully saturated rings. The highest BCUT2D eigenvalue weighted by Crippen LogP contribution is 2.35. The summed E-state index contributed by atoms with van der Waals surface area (Å²) in [7, 11) is 0. The summed E-state index contributed by atoms with van der Waals surface area (Å²) < 4.78 is 12.3. The van der Waals surface area contributed by atoms with Crippen molar-refractivity contribution in [3.8, 4) is 11.5 Å². The van der Waals surface area contributed by atoms with E-state index >= 15 is 0 Å². The molecule has 0 bridgehead atoms. The van der Waals surface area contributed by atoms with Gasteiger partial charge < -0.3 is 14.8 Å². The van der Waals surface area contributed by atoms with Crippen molar-refractivity contribution < 1.29 is 14.3 Å². The summed E-state index contributed by atoms with van der Waals surface area (Å²) in [6.45, 7) is 7.41. The van der Waals surface area contributed by atoms with E-state index in [1.165, 1.54) is 4.90 Å². The normalized spacial score (nSPS) is 16.0. The molecule has 1 aliphatic rings. The van der Waals surface area contributed by atoms with Gasteiger partial charge in [-0.15, -0.1) is 0 Å². The fourth-order valence-electron chi connectivity index (χ4n) is 2.24. The van der Waals surface area contributed by atoms with Gasteiger partial charge in [0.25, 0.3) is 5.91 Å². The van der Waals surface area contributed by atoms with Crippen molar-refractivity contribution in [1.29, 1.82) is 0 Å². The van der Waals surface area contributed by atoms with E-state index < -0.39 is 0 Å². The molecule has 1 aliphatic heterocycles. The molecule has 1 aromatic rings. The third-order valence-electron chi connectivity index (χ3n) is 3.21. The van der Waals surface area contributed by atoms with Crippen LogP contribution < -0.4 is 14.8 Å². The second-order valence-corrected chi connectivity index (χ2v) is 6.28. The van der Waals surface area contributed by atoms with Gasteiger partial charge in [-0.2, -0.15) is 0 Å². The quantitative estimate of drug-likeness (QED) is 0.414. The van der Waals surface area contributed by atoms with E-state index in [0.717, 1.165) is 14.9 Å². The van der Waals surface area contributed by atoms with Crippen LogP contribution in [0, 0.1) is 3.57 Å². The van der Waals surface area contributed by atoms with Gasteiger partial charge in [0.1, 0.15) is 5.70 Å². The first-order chi connectivity index (χ1) is 11.0. The number of halogens is 1. The largest absolute Gasteiger partial charge is 0.490 e. The van der Waals surface area contributed by atoms with Crippen LogP contribution in [0.2, 0.25) is 0 Å². The molecule has 1 saturated heterocycles. The average molecular weight is 446 g/mol. The first-order valence-electron chi connectivity index (χ1n) is 7.45. The van der Waals surface area contributed by atoms with Gasteiger partial charge in [0.05, 0.1) is 16.8 Å². The first kappa shape index (κ1) is 18.0. The molecular formula is C16H19IN2O3S. The third-order valence-corrected chi connectivity index (χ3v) is 4.33. The minimum absolute atomic E-state index is 0.112. The van der Waals surface area contributed by atoms with Crippen LogP contribution in [-0.2, 0) is 4.79 Å². The molecule has 1 N–H and O–H groups in total. The molecule has 2 rings (SSSR count). The predicted octanol–water partition coefficient (Wildman–Crippen LogP) is 3.17. The van der Waals surface area contributed by atoms with Crippen LogP contribution in [0.5, 0.6) is 11.5 Å². The predicted molar refractivity (Wildman–Crippen MR) is 103 cm³/mol. The summed E-state index contributed by atoms with van der Waals surface area (Å²) in [4.78, 5) is 13.8. The monoisotopic (exact) mass is 446 g/mol. The zero-order valence-corrected chi connectivity index (χ0v) is 16.3. The minimum Gasteiger partial charge on any atom is -0.490 e. The maximum Gasteiger partial charge on any atom is 0.276 e. The van der Waals surface area contributed by atoms with Crippen LogP contribution in [0.25, 0.3) is 6.08 Å². The van der Waals surface area contributed by atoms with Crippen LogP contribution in [0.4, 0.5) is 0 Å². The van der Waals surface area contributed by atoms with E-state index in [1.807, 2.05) is 32.9 Å². The summed E-state index contributed by atoms with van der Waals surface area (Å²) in [5.41, 5.74) is 1.33. The highest BCUT2D eigenvalue weighted by Gasteiger charge is 2.29. The Bertz CT molecular complexity index is 661. The Balaban J connectivity index is 2.39.